The largest absolute Gasteiger partial charge is 0.507 e. The molecule has 1 heterocycles. The first-order valence-electron chi connectivity index (χ1n) is 6.54. The number of carbonyl (C=O) groups is 1. The Balaban J connectivity index is 2.29. The number of amides is 1. The molecule has 0 bridgehead atoms. The molecule has 0 radical (unpaired) electrons. The minimum atomic E-state index is -0.113. The fraction of sp³-hybridized carbons (Fsp3) is 0.500. The average Bonchev–Trinajstić information content (AvgIpc) is 2.40. The van der Waals surface area contributed by atoms with Gasteiger partial charge in [-0.05, 0) is 59.5 Å². The highest BCUT2D eigenvalue weighted by molar-refractivity contribution is 14.1. The number of likely N-dealkylation sites (tertiary alicyclic amines) is 1. The molecule has 1 aliphatic rings. The van der Waals surface area contributed by atoms with E-state index in [1.807, 2.05) is 4.90 Å². The Morgan fingerprint density at radius 2 is 2.32 bits per heavy atom. The number of nitrogens with zero attached hydrogens (tertiary/aromatic N) is 1. The second-order valence-electron chi connectivity index (χ2n) is 5.08. The van der Waals surface area contributed by atoms with E-state index in [4.69, 9.17) is 5.73 Å². The standard InChI is InChI=1S/C14H19IN2O2/c1-9-3-2-6-17(12(9)8-16)14(19)11-7-10(15)4-5-13(11)18/h4-5,7,9,12,18H,2-3,6,8,16H2,1H3. The molecular weight excluding hydrogens is 355 g/mol. The van der Waals surface area contributed by atoms with Gasteiger partial charge in [-0.25, -0.2) is 0 Å². The van der Waals surface area contributed by atoms with Crippen molar-refractivity contribution in [3.8, 4) is 5.75 Å². The molecule has 0 aliphatic carbocycles. The van der Waals surface area contributed by atoms with Crippen molar-refractivity contribution in [1.29, 1.82) is 0 Å². The number of phenolic OH excluding ortho intramolecular Hbond substituents is 1. The highest BCUT2D eigenvalue weighted by atomic mass is 127. The first-order chi connectivity index (χ1) is 9.04. The Hall–Kier alpha value is -0.820. The van der Waals surface area contributed by atoms with Crippen LogP contribution in [-0.4, -0.2) is 35.0 Å². The molecule has 1 aromatic rings. The Bertz CT molecular complexity index is 479. The van der Waals surface area contributed by atoms with Gasteiger partial charge >= 0.3 is 0 Å². The maximum absolute atomic E-state index is 12.6. The molecule has 19 heavy (non-hydrogen) atoms. The summed E-state index contributed by atoms with van der Waals surface area (Å²) in [5.41, 5.74) is 6.18. The number of aromatic hydroxyl groups is 1. The molecular formula is C14H19IN2O2. The van der Waals surface area contributed by atoms with Crippen molar-refractivity contribution in [3.63, 3.8) is 0 Å². The summed E-state index contributed by atoms with van der Waals surface area (Å²) in [5.74, 6) is 0.338. The number of rotatable bonds is 2. The Labute approximate surface area is 127 Å². The number of carbonyl (C=O) groups excluding carboxylic acids is 1. The van der Waals surface area contributed by atoms with Crippen LogP contribution in [0.4, 0.5) is 0 Å². The van der Waals surface area contributed by atoms with Crippen LogP contribution in [0.2, 0.25) is 0 Å². The maximum atomic E-state index is 12.6. The molecule has 104 valence electrons. The van der Waals surface area contributed by atoms with Gasteiger partial charge in [0.25, 0.3) is 5.91 Å². The first kappa shape index (κ1) is 14.6. The summed E-state index contributed by atoms with van der Waals surface area (Å²) in [6.45, 7) is 3.32. The monoisotopic (exact) mass is 374 g/mol. The van der Waals surface area contributed by atoms with Gasteiger partial charge in [0, 0.05) is 22.7 Å². The van der Waals surface area contributed by atoms with E-state index in [0.717, 1.165) is 23.0 Å². The molecule has 2 rings (SSSR count). The van der Waals surface area contributed by atoms with Crippen molar-refractivity contribution in [1.82, 2.24) is 4.90 Å². The third-order valence-corrected chi connectivity index (χ3v) is 4.48. The molecule has 1 fully saturated rings. The summed E-state index contributed by atoms with van der Waals surface area (Å²) in [6, 6.07) is 5.15. The van der Waals surface area contributed by atoms with E-state index >= 15 is 0 Å². The average molecular weight is 374 g/mol. The molecule has 1 aliphatic heterocycles. The van der Waals surface area contributed by atoms with Crippen LogP contribution in [0, 0.1) is 9.49 Å². The van der Waals surface area contributed by atoms with Crippen molar-refractivity contribution in [2.75, 3.05) is 13.1 Å². The predicted molar refractivity (Wildman–Crippen MR) is 83.1 cm³/mol. The highest BCUT2D eigenvalue weighted by Crippen LogP contribution is 2.27. The van der Waals surface area contributed by atoms with E-state index in [0.29, 0.717) is 18.0 Å². The van der Waals surface area contributed by atoms with E-state index in [-0.39, 0.29) is 17.7 Å². The molecule has 1 amide bonds. The van der Waals surface area contributed by atoms with Crippen LogP contribution in [-0.2, 0) is 0 Å². The third-order valence-electron chi connectivity index (χ3n) is 3.81. The number of phenols is 1. The quantitative estimate of drug-likeness (QED) is 0.780. The first-order valence-corrected chi connectivity index (χ1v) is 7.62. The Kier molecular flexibility index (Phi) is 4.67. The van der Waals surface area contributed by atoms with Crippen LogP contribution in [0.3, 0.4) is 0 Å². The summed E-state index contributed by atoms with van der Waals surface area (Å²) in [7, 11) is 0. The van der Waals surface area contributed by atoms with Crippen molar-refractivity contribution in [2.45, 2.75) is 25.8 Å². The number of halogens is 1. The Morgan fingerprint density at radius 1 is 1.58 bits per heavy atom. The second-order valence-corrected chi connectivity index (χ2v) is 6.33. The van der Waals surface area contributed by atoms with Crippen LogP contribution in [0.5, 0.6) is 5.75 Å². The number of hydrogen-bond acceptors (Lipinski definition) is 3. The topological polar surface area (TPSA) is 66.6 Å². The fourth-order valence-corrected chi connectivity index (χ4v) is 3.19. The predicted octanol–water partition coefficient (Wildman–Crippen LogP) is 2.20. The van der Waals surface area contributed by atoms with Gasteiger partial charge in [-0.15, -0.1) is 0 Å². The van der Waals surface area contributed by atoms with Crippen LogP contribution in [0.15, 0.2) is 18.2 Å². The fourth-order valence-electron chi connectivity index (χ4n) is 2.69. The van der Waals surface area contributed by atoms with Gasteiger partial charge in [0.2, 0.25) is 0 Å². The van der Waals surface area contributed by atoms with Gasteiger partial charge in [0.1, 0.15) is 5.75 Å². The summed E-state index contributed by atoms with van der Waals surface area (Å²) < 4.78 is 0.938. The summed E-state index contributed by atoms with van der Waals surface area (Å²) >= 11 is 2.14. The normalized spacial score (nSPS) is 23.4. The molecule has 3 N–H and O–H groups in total. The SMILES string of the molecule is CC1CCCN(C(=O)c2cc(I)ccc2O)C1CN. The number of nitrogens with two attached hydrogens (primary N) is 1. The van der Waals surface area contributed by atoms with Gasteiger partial charge in [-0.2, -0.15) is 0 Å². The summed E-state index contributed by atoms with van der Waals surface area (Å²) in [5, 5.41) is 9.88. The zero-order valence-corrected chi connectivity index (χ0v) is 13.1. The van der Waals surface area contributed by atoms with Gasteiger partial charge in [0.15, 0.2) is 0 Å². The molecule has 2 unspecified atom stereocenters. The highest BCUT2D eigenvalue weighted by Gasteiger charge is 2.32. The molecule has 1 saturated heterocycles. The maximum Gasteiger partial charge on any atom is 0.257 e. The van der Waals surface area contributed by atoms with Gasteiger partial charge in [-0.1, -0.05) is 6.92 Å². The minimum Gasteiger partial charge on any atom is -0.507 e. The molecule has 0 saturated carbocycles. The van der Waals surface area contributed by atoms with Crippen molar-refractivity contribution >= 4 is 28.5 Å². The molecule has 4 nitrogen and oxygen atoms in total. The molecule has 1 aromatic carbocycles. The van der Waals surface area contributed by atoms with E-state index < -0.39 is 0 Å². The van der Waals surface area contributed by atoms with E-state index in [2.05, 4.69) is 29.5 Å². The number of benzene rings is 1. The lowest BCUT2D eigenvalue weighted by Gasteiger charge is -2.39. The second kappa shape index (κ2) is 6.09. The van der Waals surface area contributed by atoms with Crippen molar-refractivity contribution < 1.29 is 9.90 Å². The lowest BCUT2D eigenvalue weighted by molar-refractivity contribution is 0.0529. The van der Waals surface area contributed by atoms with Crippen LogP contribution >= 0.6 is 22.6 Å². The summed E-state index contributed by atoms with van der Waals surface area (Å²) in [4.78, 5) is 14.4. The van der Waals surface area contributed by atoms with E-state index in [9.17, 15) is 9.90 Å². The lowest BCUT2D eigenvalue weighted by atomic mass is 9.90. The van der Waals surface area contributed by atoms with Gasteiger partial charge in [-0.3, -0.25) is 4.79 Å². The van der Waals surface area contributed by atoms with Crippen LogP contribution in [0.1, 0.15) is 30.1 Å². The Morgan fingerprint density at radius 3 is 3.00 bits per heavy atom. The number of hydrogen-bond donors (Lipinski definition) is 2. The molecule has 2 atom stereocenters. The smallest absolute Gasteiger partial charge is 0.257 e. The van der Waals surface area contributed by atoms with Gasteiger partial charge in [0.05, 0.1) is 5.56 Å². The minimum absolute atomic E-state index is 0.0411. The molecule has 0 spiro atoms. The van der Waals surface area contributed by atoms with E-state index in [1.165, 1.54) is 0 Å². The lowest BCUT2D eigenvalue weighted by Crippen LogP contribution is -2.51. The van der Waals surface area contributed by atoms with E-state index in [1.54, 1.807) is 18.2 Å². The third kappa shape index (κ3) is 3.02. The van der Waals surface area contributed by atoms with Crippen molar-refractivity contribution in [2.24, 2.45) is 11.7 Å². The zero-order valence-electron chi connectivity index (χ0n) is 11.0. The number of piperidine rings is 1. The molecule has 5 heteroatoms. The zero-order chi connectivity index (χ0) is 14.0. The van der Waals surface area contributed by atoms with Crippen LogP contribution in [0.25, 0.3) is 0 Å². The molecule has 0 aromatic heterocycles. The summed E-state index contributed by atoms with van der Waals surface area (Å²) in [6.07, 6.45) is 2.10. The van der Waals surface area contributed by atoms with Gasteiger partial charge < -0.3 is 15.7 Å². The van der Waals surface area contributed by atoms with Crippen LogP contribution < -0.4 is 5.73 Å². The van der Waals surface area contributed by atoms with Crippen molar-refractivity contribution in [3.05, 3.63) is 27.3 Å².